The van der Waals surface area contributed by atoms with Crippen LogP contribution in [0.25, 0.3) is 10.2 Å². The third-order valence-electron chi connectivity index (χ3n) is 5.51. The van der Waals surface area contributed by atoms with Gasteiger partial charge < -0.3 is 4.90 Å². The van der Waals surface area contributed by atoms with Crippen molar-refractivity contribution in [3.63, 3.8) is 0 Å². The minimum absolute atomic E-state index is 0.0382. The molecule has 2 fully saturated rings. The lowest BCUT2D eigenvalue weighted by atomic mass is 9.93. The average molecular weight is 459 g/mol. The maximum absolute atomic E-state index is 13.1. The van der Waals surface area contributed by atoms with Crippen LogP contribution in [0.1, 0.15) is 38.5 Å². The highest BCUT2D eigenvalue weighted by atomic mass is 35.5. The van der Waals surface area contributed by atoms with Crippen molar-refractivity contribution in [3.8, 4) is 0 Å². The Morgan fingerprint density at radius 1 is 1.21 bits per heavy atom. The number of amides is 1. The highest BCUT2D eigenvalue weighted by Crippen LogP contribution is 2.33. The quantitative estimate of drug-likeness (QED) is 0.621. The van der Waals surface area contributed by atoms with Crippen molar-refractivity contribution >= 4 is 60.7 Å². The fourth-order valence-electron chi connectivity index (χ4n) is 4.20. The Hall–Kier alpha value is -0.830. The second kappa shape index (κ2) is 8.50. The van der Waals surface area contributed by atoms with Gasteiger partial charge in [0.15, 0.2) is 14.2 Å². The molecule has 1 unspecified atom stereocenters. The number of rotatable bonds is 5. The van der Waals surface area contributed by atoms with Crippen LogP contribution in [0.5, 0.6) is 0 Å². The van der Waals surface area contributed by atoms with Crippen LogP contribution < -0.4 is 0 Å². The second-order valence-corrected chi connectivity index (χ2v) is 12.4. The molecule has 0 spiro atoms. The van der Waals surface area contributed by atoms with Crippen molar-refractivity contribution < 1.29 is 13.2 Å². The van der Waals surface area contributed by atoms with Crippen molar-refractivity contribution in [1.29, 1.82) is 0 Å². The SMILES string of the molecule is O=C(CSc1nc2cc(Cl)ccc2s1)N(C1CCCCC1)C1CCS(=O)(=O)C1. The van der Waals surface area contributed by atoms with Crippen LogP contribution in [0.3, 0.4) is 0 Å². The molecule has 2 aromatic rings. The molecule has 4 rings (SSSR count). The zero-order chi connectivity index (χ0) is 19.7. The van der Waals surface area contributed by atoms with Crippen LogP contribution in [0, 0.1) is 0 Å². The van der Waals surface area contributed by atoms with E-state index in [1.165, 1.54) is 18.2 Å². The maximum atomic E-state index is 13.1. The highest BCUT2D eigenvalue weighted by Gasteiger charge is 2.38. The lowest BCUT2D eigenvalue weighted by Gasteiger charge is -2.38. The molecule has 1 saturated heterocycles. The molecule has 0 radical (unpaired) electrons. The molecule has 2 aliphatic rings. The Labute approximate surface area is 178 Å². The summed E-state index contributed by atoms with van der Waals surface area (Å²) in [5, 5.41) is 0.649. The van der Waals surface area contributed by atoms with Crippen LogP contribution in [0.4, 0.5) is 0 Å². The standard InChI is InChI=1S/C19H23ClN2O3S3/c20-13-6-7-17-16(10-13)21-19(27-17)26-11-18(23)22(14-4-2-1-3-5-14)15-8-9-28(24,25)12-15/h6-7,10,14-15H,1-5,8-9,11-12H2. The molecule has 28 heavy (non-hydrogen) atoms. The summed E-state index contributed by atoms with van der Waals surface area (Å²) >= 11 is 9.02. The van der Waals surface area contributed by atoms with Gasteiger partial charge in [-0.05, 0) is 37.5 Å². The molecule has 1 atom stereocenters. The van der Waals surface area contributed by atoms with Gasteiger partial charge >= 0.3 is 0 Å². The molecule has 152 valence electrons. The maximum Gasteiger partial charge on any atom is 0.233 e. The number of fused-ring (bicyclic) bond motifs is 1. The van der Waals surface area contributed by atoms with Gasteiger partial charge in [0.1, 0.15) is 0 Å². The van der Waals surface area contributed by atoms with Crippen LogP contribution in [-0.4, -0.2) is 53.6 Å². The molecule has 0 N–H and O–H groups in total. The van der Waals surface area contributed by atoms with Crippen LogP contribution in [0.15, 0.2) is 22.5 Å². The van der Waals surface area contributed by atoms with E-state index in [-0.39, 0.29) is 29.5 Å². The number of carbonyl (C=O) groups is 1. The van der Waals surface area contributed by atoms with Gasteiger partial charge in [0.05, 0.1) is 27.5 Å². The minimum Gasteiger partial charge on any atom is -0.335 e. The lowest BCUT2D eigenvalue weighted by molar-refractivity contribution is -0.133. The first kappa shape index (κ1) is 20.4. The summed E-state index contributed by atoms with van der Waals surface area (Å²) in [7, 11) is -3.02. The van der Waals surface area contributed by atoms with E-state index in [1.54, 1.807) is 11.3 Å². The van der Waals surface area contributed by atoms with Gasteiger partial charge in [-0.25, -0.2) is 13.4 Å². The summed E-state index contributed by atoms with van der Waals surface area (Å²) < 4.78 is 25.9. The first-order valence-corrected chi connectivity index (χ1v) is 13.6. The lowest BCUT2D eigenvalue weighted by Crippen LogP contribution is -2.49. The first-order chi connectivity index (χ1) is 13.4. The number of nitrogens with zero attached hydrogens (tertiary/aromatic N) is 2. The number of benzene rings is 1. The normalized spacial score (nSPS) is 22.5. The molecular weight excluding hydrogens is 436 g/mol. The molecule has 5 nitrogen and oxygen atoms in total. The van der Waals surface area contributed by atoms with E-state index in [4.69, 9.17) is 11.6 Å². The number of thioether (sulfide) groups is 1. The minimum atomic E-state index is -3.02. The average Bonchev–Trinajstić information content (AvgIpc) is 3.23. The van der Waals surface area contributed by atoms with E-state index in [1.807, 2.05) is 23.1 Å². The van der Waals surface area contributed by atoms with Gasteiger partial charge in [0.25, 0.3) is 0 Å². The molecule has 1 aromatic carbocycles. The summed E-state index contributed by atoms with van der Waals surface area (Å²) in [4.78, 5) is 19.6. The van der Waals surface area contributed by atoms with E-state index in [0.29, 0.717) is 17.2 Å². The molecule has 1 aliphatic heterocycles. The van der Waals surface area contributed by atoms with Gasteiger partial charge in [0, 0.05) is 17.1 Å². The summed E-state index contributed by atoms with van der Waals surface area (Å²) in [6.45, 7) is 0. The zero-order valence-electron chi connectivity index (χ0n) is 15.5. The molecule has 2 heterocycles. The largest absolute Gasteiger partial charge is 0.335 e. The smallest absolute Gasteiger partial charge is 0.233 e. The van der Waals surface area contributed by atoms with Gasteiger partial charge in [-0.2, -0.15) is 0 Å². The Morgan fingerprint density at radius 2 is 2.00 bits per heavy atom. The molecule has 1 saturated carbocycles. The van der Waals surface area contributed by atoms with E-state index >= 15 is 0 Å². The third-order valence-corrected chi connectivity index (χ3v) is 9.66. The molecule has 1 aliphatic carbocycles. The molecule has 0 bridgehead atoms. The van der Waals surface area contributed by atoms with Crippen molar-refractivity contribution in [2.75, 3.05) is 17.3 Å². The van der Waals surface area contributed by atoms with E-state index in [0.717, 1.165) is 40.2 Å². The van der Waals surface area contributed by atoms with Gasteiger partial charge in [0.2, 0.25) is 5.91 Å². The molecular formula is C19H23ClN2O3S3. The fourth-order valence-corrected chi connectivity index (χ4v) is 7.99. The van der Waals surface area contributed by atoms with Crippen molar-refractivity contribution in [1.82, 2.24) is 9.88 Å². The number of hydrogen-bond acceptors (Lipinski definition) is 6. The number of thiazole rings is 1. The Bertz CT molecular complexity index is 970. The summed E-state index contributed by atoms with van der Waals surface area (Å²) in [6, 6.07) is 5.62. The Balaban J connectivity index is 1.48. The van der Waals surface area contributed by atoms with E-state index in [9.17, 15) is 13.2 Å². The third kappa shape index (κ3) is 4.66. The number of carbonyl (C=O) groups excluding carboxylic acids is 1. The monoisotopic (exact) mass is 458 g/mol. The number of halogens is 1. The highest BCUT2D eigenvalue weighted by molar-refractivity contribution is 8.01. The molecule has 1 amide bonds. The van der Waals surface area contributed by atoms with Crippen LogP contribution >= 0.6 is 34.7 Å². The topological polar surface area (TPSA) is 67.3 Å². The molecule has 1 aromatic heterocycles. The van der Waals surface area contributed by atoms with Crippen molar-refractivity contribution in [2.24, 2.45) is 0 Å². The van der Waals surface area contributed by atoms with Crippen molar-refractivity contribution in [2.45, 2.75) is 54.9 Å². The number of hydrogen-bond donors (Lipinski definition) is 0. The van der Waals surface area contributed by atoms with Crippen molar-refractivity contribution in [3.05, 3.63) is 23.2 Å². The van der Waals surface area contributed by atoms with Crippen LogP contribution in [0.2, 0.25) is 5.02 Å². The van der Waals surface area contributed by atoms with Gasteiger partial charge in [-0.15, -0.1) is 11.3 Å². The van der Waals surface area contributed by atoms with Gasteiger partial charge in [-0.1, -0.05) is 42.6 Å². The van der Waals surface area contributed by atoms with E-state index < -0.39 is 9.84 Å². The summed E-state index contributed by atoms with van der Waals surface area (Å²) in [5.74, 6) is 0.636. The Kier molecular flexibility index (Phi) is 6.20. The van der Waals surface area contributed by atoms with Crippen LogP contribution in [-0.2, 0) is 14.6 Å². The van der Waals surface area contributed by atoms with Gasteiger partial charge in [-0.3, -0.25) is 4.79 Å². The predicted octanol–water partition coefficient (Wildman–Crippen LogP) is 4.39. The van der Waals surface area contributed by atoms with E-state index in [2.05, 4.69) is 4.98 Å². The molecule has 9 heteroatoms. The predicted molar refractivity (Wildman–Crippen MR) is 116 cm³/mol. The fraction of sp³-hybridized carbons (Fsp3) is 0.579. The Morgan fingerprint density at radius 3 is 2.71 bits per heavy atom. The summed E-state index contributed by atoms with van der Waals surface area (Å²) in [5.41, 5.74) is 0.846. The zero-order valence-corrected chi connectivity index (χ0v) is 18.7. The second-order valence-electron chi connectivity index (χ2n) is 7.53. The number of sulfone groups is 1. The summed E-state index contributed by atoms with van der Waals surface area (Å²) in [6.07, 6.45) is 5.94. The number of aromatic nitrogens is 1. The first-order valence-electron chi connectivity index (χ1n) is 9.62.